The Morgan fingerprint density at radius 1 is 1.47 bits per heavy atom. The zero-order chi connectivity index (χ0) is 13.2. The number of hydrogen-bond donors (Lipinski definition) is 2. The highest BCUT2D eigenvalue weighted by atomic mass is 19.1. The summed E-state index contributed by atoms with van der Waals surface area (Å²) in [5.41, 5.74) is 4.34. The maximum absolute atomic E-state index is 13.2. The minimum atomic E-state index is -0.974. The van der Waals surface area contributed by atoms with E-state index >= 15 is 0 Å². The SMILES string of the molecule is CC(CO)N(C)C(=O)c1cc(F)c(N)c(F)c1. The lowest BCUT2D eigenvalue weighted by molar-refractivity contribution is 0.0681. The van der Waals surface area contributed by atoms with E-state index < -0.39 is 29.3 Å². The molecule has 0 heterocycles. The Morgan fingerprint density at radius 3 is 2.35 bits per heavy atom. The molecule has 3 N–H and O–H groups in total. The lowest BCUT2D eigenvalue weighted by Gasteiger charge is -2.23. The number of hydrogen-bond acceptors (Lipinski definition) is 3. The Labute approximate surface area is 97.6 Å². The van der Waals surface area contributed by atoms with Crippen LogP contribution in [0.25, 0.3) is 0 Å². The molecule has 1 aromatic carbocycles. The summed E-state index contributed by atoms with van der Waals surface area (Å²) in [4.78, 5) is 13.0. The molecule has 1 atom stereocenters. The van der Waals surface area contributed by atoms with Gasteiger partial charge in [-0.3, -0.25) is 4.79 Å². The Kier molecular flexibility index (Phi) is 4.01. The Bertz CT molecular complexity index is 414. The third kappa shape index (κ3) is 2.71. The molecule has 0 radical (unpaired) electrons. The van der Waals surface area contributed by atoms with Crippen molar-refractivity contribution in [2.45, 2.75) is 13.0 Å². The molecule has 0 saturated heterocycles. The fraction of sp³-hybridized carbons (Fsp3) is 0.364. The molecule has 1 rings (SSSR count). The average Bonchev–Trinajstić information content (AvgIpc) is 2.32. The molecular weight excluding hydrogens is 230 g/mol. The van der Waals surface area contributed by atoms with Gasteiger partial charge in [-0.25, -0.2) is 8.78 Å². The third-order valence-corrected chi connectivity index (χ3v) is 2.57. The molecule has 0 bridgehead atoms. The van der Waals surface area contributed by atoms with Crippen molar-refractivity contribution in [3.05, 3.63) is 29.3 Å². The molecule has 0 aliphatic heterocycles. The summed E-state index contributed by atoms with van der Waals surface area (Å²) in [5, 5.41) is 8.89. The number of aliphatic hydroxyl groups excluding tert-OH is 1. The monoisotopic (exact) mass is 244 g/mol. The van der Waals surface area contributed by atoms with Gasteiger partial charge in [0.05, 0.1) is 12.6 Å². The summed E-state index contributed by atoms with van der Waals surface area (Å²) in [6.07, 6.45) is 0. The van der Waals surface area contributed by atoms with Crippen LogP contribution in [0.2, 0.25) is 0 Å². The Balaban J connectivity index is 3.05. The van der Waals surface area contributed by atoms with Crippen molar-refractivity contribution in [2.75, 3.05) is 19.4 Å². The van der Waals surface area contributed by atoms with E-state index in [4.69, 9.17) is 10.8 Å². The first kappa shape index (κ1) is 13.4. The van der Waals surface area contributed by atoms with Gasteiger partial charge in [0.25, 0.3) is 5.91 Å². The third-order valence-electron chi connectivity index (χ3n) is 2.57. The molecule has 1 unspecified atom stereocenters. The van der Waals surface area contributed by atoms with Crippen molar-refractivity contribution < 1.29 is 18.7 Å². The van der Waals surface area contributed by atoms with Gasteiger partial charge >= 0.3 is 0 Å². The van der Waals surface area contributed by atoms with Gasteiger partial charge < -0.3 is 15.7 Å². The predicted octanol–water partition coefficient (Wildman–Crippen LogP) is 1.000. The quantitative estimate of drug-likeness (QED) is 0.779. The van der Waals surface area contributed by atoms with Crippen LogP contribution in [0.3, 0.4) is 0 Å². The van der Waals surface area contributed by atoms with Gasteiger partial charge in [-0.15, -0.1) is 0 Å². The van der Waals surface area contributed by atoms with Crippen molar-refractivity contribution >= 4 is 11.6 Å². The largest absolute Gasteiger partial charge is 0.394 e. The van der Waals surface area contributed by atoms with Gasteiger partial charge in [0.1, 0.15) is 17.3 Å². The van der Waals surface area contributed by atoms with Crippen LogP contribution >= 0.6 is 0 Å². The molecule has 1 aromatic rings. The number of carbonyl (C=O) groups excluding carboxylic acids is 1. The van der Waals surface area contributed by atoms with Crippen LogP contribution < -0.4 is 5.73 Å². The molecule has 0 spiro atoms. The first-order chi connectivity index (χ1) is 7.88. The van der Waals surface area contributed by atoms with Gasteiger partial charge in [0, 0.05) is 12.6 Å². The number of benzene rings is 1. The molecule has 0 aliphatic rings. The van der Waals surface area contributed by atoms with E-state index in [0.29, 0.717) is 0 Å². The smallest absolute Gasteiger partial charge is 0.254 e. The van der Waals surface area contributed by atoms with Crippen LogP contribution in [0.1, 0.15) is 17.3 Å². The van der Waals surface area contributed by atoms with E-state index in [1.807, 2.05) is 0 Å². The van der Waals surface area contributed by atoms with Crippen LogP contribution in [0.4, 0.5) is 14.5 Å². The lowest BCUT2D eigenvalue weighted by Crippen LogP contribution is -2.37. The second-order valence-corrected chi connectivity index (χ2v) is 3.80. The molecule has 0 saturated carbocycles. The molecule has 0 aromatic heterocycles. The topological polar surface area (TPSA) is 66.6 Å². The number of carbonyl (C=O) groups is 1. The van der Waals surface area contributed by atoms with Crippen molar-refractivity contribution in [1.82, 2.24) is 4.90 Å². The summed E-state index contributed by atoms with van der Waals surface area (Å²) in [6.45, 7) is 1.38. The second kappa shape index (κ2) is 5.09. The molecule has 6 heteroatoms. The summed E-state index contributed by atoms with van der Waals surface area (Å²) in [5.74, 6) is -2.53. The van der Waals surface area contributed by atoms with E-state index in [1.165, 1.54) is 11.9 Å². The minimum absolute atomic E-state index is 0.142. The second-order valence-electron chi connectivity index (χ2n) is 3.80. The number of amides is 1. The van der Waals surface area contributed by atoms with Crippen LogP contribution in [0, 0.1) is 11.6 Å². The van der Waals surface area contributed by atoms with E-state index in [0.717, 1.165) is 12.1 Å². The molecule has 94 valence electrons. The fourth-order valence-electron chi connectivity index (χ4n) is 1.23. The van der Waals surface area contributed by atoms with E-state index in [2.05, 4.69) is 0 Å². The number of halogens is 2. The Hall–Kier alpha value is -1.69. The van der Waals surface area contributed by atoms with Crippen molar-refractivity contribution in [1.29, 1.82) is 0 Å². The van der Waals surface area contributed by atoms with E-state index in [1.54, 1.807) is 6.92 Å². The number of rotatable bonds is 3. The van der Waals surface area contributed by atoms with E-state index in [9.17, 15) is 13.6 Å². The zero-order valence-electron chi connectivity index (χ0n) is 9.58. The first-order valence-corrected chi connectivity index (χ1v) is 5.01. The first-order valence-electron chi connectivity index (χ1n) is 5.01. The standard InChI is InChI=1S/C11H14F2N2O2/c1-6(5-16)15(2)11(17)7-3-8(12)10(14)9(13)4-7/h3-4,6,16H,5,14H2,1-2H3. The van der Waals surface area contributed by atoms with Crippen LogP contribution in [0.15, 0.2) is 12.1 Å². The van der Waals surface area contributed by atoms with Crippen molar-refractivity contribution in [3.8, 4) is 0 Å². The van der Waals surface area contributed by atoms with Crippen LogP contribution in [-0.2, 0) is 0 Å². The van der Waals surface area contributed by atoms with Crippen LogP contribution in [-0.4, -0.2) is 35.6 Å². The molecular formula is C11H14F2N2O2. The molecule has 4 nitrogen and oxygen atoms in total. The fourth-order valence-corrected chi connectivity index (χ4v) is 1.23. The van der Waals surface area contributed by atoms with Crippen molar-refractivity contribution in [2.24, 2.45) is 0 Å². The van der Waals surface area contributed by atoms with Gasteiger partial charge in [0.2, 0.25) is 0 Å². The summed E-state index contributed by atoms with van der Waals surface area (Å²) in [6, 6.07) is 1.31. The maximum atomic E-state index is 13.2. The zero-order valence-corrected chi connectivity index (χ0v) is 9.58. The van der Waals surface area contributed by atoms with Gasteiger partial charge in [0.15, 0.2) is 0 Å². The normalized spacial score (nSPS) is 12.3. The highest BCUT2D eigenvalue weighted by molar-refractivity contribution is 5.94. The number of likely N-dealkylation sites (N-methyl/N-ethyl adjacent to an activating group) is 1. The Morgan fingerprint density at radius 2 is 1.94 bits per heavy atom. The maximum Gasteiger partial charge on any atom is 0.254 e. The highest BCUT2D eigenvalue weighted by Gasteiger charge is 2.19. The number of nitrogens with zero attached hydrogens (tertiary/aromatic N) is 1. The van der Waals surface area contributed by atoms with E-state index in [-0.39, 0.29) is 12.2 Å². The molecule has 1 amide bonds. The molecule has 17 heavy (non-hydrogen) atoms. The predicted molar refractivity (Wildman–Crippen MR) is 59.4 cm³/mol. The van der Waals surface area contributed by atoms with Gasteiger partial charge in [-0.05, 0) is 19.1 Å². The van der Waals surface area contributed by atoms with Gasteiger partial charge in [-0.1, -0.05) is 0 Å². The minimum Gasteiger partial charge on any atom is -0.394 e. The lowest BCUT2D eigenvalue weighted by atomic mass is 10.1. The molecule has 0 fully saturated rings. The van der Waals surface area contributed by atoms with Crippen LogP contribution in [0.5, 0.6) is 0 Å². The van der Waals surface area contributed by atoms with Gasteiger partial charge in [-0.2, -0.15) is 0 Å². The number of anilines is 1. The summed E-state index contributed by atoms with van der Waals surface area (Å²) < 4.78 is 26.3. The number of nitrogens with two attached hydrogens (primary N) is 1. The van der Waals surface area contributed by atoms with Crippen molar-refractivity contribution in [3.63, 3.8) is 0 Å². The summed E-state index contributed by atoms with van der Waals surface area (Å²) >= 11 is 0. The molecule has 0 aliphatic carbocycles. The number of nitrogen functional groups attached to an aromatic ring is 1. The average molecular weight is 244 g/mol. The number of aliphatic hydroxyl groups is 1. The summed E-state index contributed by atoms with van der Waals surface area (Å²) in [7, 11) is 1.44. The highest BCUT2D eigenvalue weighted by Crippen LogP contribution is 2.18.